The van der Waals surface area contributed by atoms with Gasteiger partial charge in [0.15, 0.2) is 0 Å². The predicted molar refractivity (Wildman–Crippen MR) is 78.6 cm³/mol. The van der Waals surface area contributed by atoms with Gasteiger partial charge in [-0.2, -0.15) is 0 Å². The van der Waals surface area contributed by atoms with Crippen molar-refractivity contribution in [3.05, 3.63) is 29.1 Å². The summed E-state index contributed by atoms with van der Waals surface area (Å²) < 4.78 is 0.936. The van der Waals surface area contributed by atoms with E-state index in [-0.39, 0.29) is 5.91 Å². The molecule has 0 unspecified atom stereocenters. The van der Waals surface area contributed by atoms with Gasteiger partial charge in [0.2, 0.25) is 5.91 Å². The minimum atomic E-state index is -0.900. The van der Waals surface area contributed by atoms with E-state index in [1.165, 1.54) is 11.3 Å². The van der Waals surface area contributed by atoms with Crippen molar-refractivity contribution < 1.29 is 14.7 Å². The number of benzene rings is 1. The first-order chi connectivity index (χ1) is 9.54. The molecule has 1 amide bonds. The minimum absolute atomic E-state index is 0.105. The molecule has 0 radical (unpaired) electrons. The third kappa shape index (κ3) is 2.22. The first-order valence-corrected chi connectivity index (χ1v) is 7.12. The maximum absolute atomic E-state index is 11.7. The second-order valence-electron chi connectivity index (χ2n) is 4.87. The fraction of sp³-hybridized carbons (Fsp3) is 0.286. The average Bonchev–Trinajstić information content (AvgIpc) is 2.85. The number of piperazine rings is 1. The average molecular weight is 290 g/mol. The number of anilines is 1. The Kier molecular flexibility index (Phi) is 3.10. The summed E-state index contributed by atoms with van der Waals surface area (Å²) in [5.74, 6) is -0.795. The molecule has 3 rings (SSSR count). The number of hydrogen-bond donors (Lipinski definition) is 1. The van der Waals surface area contributed by atoms with Gasteiger partial charge in [-0.15, -0.1) is 11.3 Å². The van der Waals surface area contributed by atoms with E-state index in [1.54, 1.807) is 18.0 Å². The van der Waals surface area contributed by atoms with Crippen molar-refractivity contribution in [2.45, 2.75) is 0 Å². The number of nitrogens with zero attached hydrogens (tertiary/aromatic N) is 2. The summed E-state index contributed by atoms with van der Waals surface area (Å²) in [6.45, 7) is 1.88. The molecule has 2 aromatic rings. The summed E-state index contributed by atoms with van der Waals surface area (Å²) >= 11 is 1.26. The molecule has 6 heteroatoms. The lowest BCUT2D eigenvalue weighted by molar-refractivity contribution is -0.129. The number of fused-ring (bicyclic) bond motifs is 1. The van der Waals surface area contributed by atoms with Crippen LogP contribution in [0.3, 0.4) is 0 Å². The van der Waals surface area contributed by atoms with Crippen LogP contribution in [0.4, 0.5) is 5.69 Å². The first-order valence-electron chi connectivity index (χ1n) is 6.30. The molecular weight excluding hydrogens is 276 g/mol. The summed E-state index contributed by atoms with van der Waals surface area (Å²) in [5.41, 5.74) is 0.970. The number of hydrogen-bond acceptors (Lipinski definition) is 4. The first kappa shape index (κ1) is 12.9. The topological polar surface area (TPSA) is 60.9 Å². The molecule has 1 aromatic carbocycles. The quantitative estimate of drug-likeness (QED) is 0.917. The summed E-state index contributed by atoms with van der Waals surface area (Å²) in [6.07, 6.45) is 0. The zero-order valence-corrected chi connectivity index (χ0v) is 11.8. The van der Waals surface area contributed by atoms with Crippen LogP contribution in [0.15, 0.2) is 24.3 Å². The highest BCUT2D eigenvalue weighted by atomic mass is 32.1. The molecule has 0 atom stereocenters. The maximum Gasteiger partial charge on any atom is 0.345 e. The number of carbonyl (C=O) groups is 2. The predicted octanol–water partition coefficient (Wildman–Crippen LogP) is 1.88. The number of carbonyl (C=O) groups excluding carboxylic acids is 1. The van der Waals surface area contributed by atoms with E-state index in [0.29, 0.717) is 18.0 Å². The van der Waals surface area contributed by atoms with Gasteiger partial charge in [0.05, 0.1) is 6.54 Å². The van der Waals surface area contributed by atoms with Crippen LogP contribution in [0, 0.1) is 0 Å². The monoisotopic (exact) mass is 290 g/mol. The van der Waals surface area contributed by atoms with Crippen LogP contribution < -0.4 is 4.90 Å². The van der Waals surface area contributed by atoms with E-state index in [4.69, 9.17) is 5.11 Å². The fourth-order valence-electron chi connectivity index (χ4n) is 2.30. The molecule has 0 bridgehead atoms. The van der Waals surface area contributed by atoms with Gasteiger partial charge in [-0.05, 0) is 23.6 Å². The Bertz CT molecular complexity index is 695. The van der Waals surface area contributed by atoms with E-state index in [2.05, 4.69) is 0 Å². The Balaban J connectivity index is 1.92. The number of thiophene rings is 1. The highest BCUT2D eigenvalue weighted by Crippen LogP contribution is 2.30. The van der Waals surface area contributed by atoms with Crippen LogP contribution in [0.25, 0.3) is 10.1 Å². The van der Waals surface area contributed by atoms with E-state index < -0.39 is 5.97 Å². The number of rotatable bonds is 2. The van der Waals surface area contributed by atoms with Crippen molar-refractivity contribution >= 4 is 39.0 Å². The Hall–Kier alpha value is -2.08. The van der Waals surface area contributed by atoms with Crippen LogP contribution in [0.2, 0.25) is 0 Å². The molecule has 1 fully saturated rings. The molecule has 0 saturated carbocycles. The SMILES string of the molecule is CN1CCN(c2ccc3cc(C(=O)O)sc3c2)CC1=O. The number of amides is 1. The zero-order chi connectivity index (χ0) is 14.3. The highest BCUT2D eigenvalue weighted by Gasteiger charge is 2.21. The largest absolute Gasteiger partial charge is 0.477 e. The molecule has 2 heterocycles. The van der Waals surface area contributed by atoms with Crippen molar-refractivity contribution in [3.63, 3.8) is 0 Å². The summed E-state index contributed by atoms with van der Waals surface area (Å²) in [5, 5.41) is 9.95. The minimum Gasteiger partial charge on any atom is -0.477 e. The van der Waals surface area contributed by atoms with Gasteiger partial charge < -0.3 is 14.9 Å². The van der Waals surface area contributed by atoms with Crippen molar-refractivity contribution in [3.8, 4) is 0 Å². The molecule has 20 heavy (non-hydrogen) atoms. The molecule has 1 N–H and O–H groups in total. The standard InChI is InChI=1S/C14H14N2O3S/c1-15-4-5-16(8-13(15)17)10-3-2-9-6-12(14(18)19)20-11(9)7-10/h2-3,6-7H,4-5,8H2,1H3,(H,18,19). The number of likely N-dealkylation sites (N-methyl/N-ethyl adjacent to an activating group) is 1. The molecule has 1 aliphatic heterocycles. The van der Waals surface area contributed by atoms with E-state index >= 15 is 0 Å². The fourth-order valence-corrected chi connectivity index (χ4v) is 3.24. The molecule has 104 valence electrons. The smallest absolute Gasteiger partial charge is 0.345 e. The third-order valence-electron chi connectivity index (χ3n) is 3.54. The Morgan fingerprint density at radius 3 is 2.80 bits per heavy atom. The molecule has 0 aliphatic carbocycles. The van der Waals surface area contributed by atoms with Crippen molar-refractivity contribution in [2.24, 2.45) is 0 Å². The zero-order valence-electron chi connectivity index (χ0n) is 11.0. The lowest BCUT2D eigenvalue weighted by Crippen LogP contribution is -2.48. The summed E-state index contributed by atoms with van der Waals surface area (Å²) in [7, 11) is 1.81. The van der Waals surface area contributed by atoms with Gasteiger partial charge in [-0.3, -0.25) is 4.79 Å². The molecule has 1 aromatic heterocycles. The van der Waals surface area contributed by atoms with Crippen LogP contribution in [-0.4, -0.2) is 48.6 Å². The number of aromatic carboxylic acids is 1. The molecular formula is C14H14N2O3S. The van der Waals surface area contributed by atoms with Gasteiger partial charge in [-0.1, -0.05) is 6.07 Å². The Morgan fingerprint density at radius 2 is 2.10 bits per heavy atom. The van der Waals surface area contributed by atoms with Crippen LogP contribution in [-0.2, 0) is 4.79 Å². The van der Waals surface area contributed by atoms with Gasteiger partial charge in [-0.25, -0.2) is 4.79 Å². The van der Waals surface area contributed by atoms with Gasteiger partial charge in [0.1, 0.15) is 4.88 Å². The van der Waals surface area contributed by atoms with E-state index in [1.807, 2.05) is 23.1 Å². The van der Waals surface area contributed by atoms with Crippen molar-refractivity contribution in [1.82, 2.24) is 4.90 Å². The maximum atomic E-state index is 11.7. The summed E-state index contributed by atoms with van der Waals surface area (Å²) in [6, 6.07) is 7.50. The lowest BCUT2D eigenvalue weighted by Gasteiger charge is -2.33. The lowest BCUT2D eigenvalue weighted by atomic mass is 10.2. The van der Waals surface area contributed by atoms with Crippen molar-refractivity contribution in [1.29, 1.82) is 0 Å². The normalized spacial score (nSPS) is 15.9. The van der Waals surface area contributed by atoms with Crippen LogP contribution >= 0.6 is 11.3 Å². The number of carboxylic acids is 1. The third-order valence-corrected chi connectivity index (χ3v) is 4.62. The van der Waals surface area contributed by atoms with Crippen molar-refractivity contribution in [2.75, 3.05) is 31.6 Å². The Morgan fingerprint density at radius 1 is 1.30 bits per heavy atom. The van der Waals surface area contributed by atoms with Gasteiger partial charge in [0.25, 0.3) is 0 Å². The number of carboxylic acid groups (broad SMARTS) is 1. The van der Waals surface area contributed by atoms with Gasteiger partial charge in [0, 0.05) is 30.5 Å². The molecule has 5 nitrogen and oxygen atoms in total. The Labute approximate surface area is 120 Å². The van der Waals surface area contributed by atoms with E-state index in [9.17, 15) is 9.59 Å². The molecule has 1 aliphatic rings. The van der Waals surface area contributed by atoms with Crippen LogP contribution in [0.5, 0.6) is 0 Å². The summed E-state index contributed by atoms with van der Waals surface area (Å²) in [4.78, 5) is 26.8. The molecule has 1 saturated heterocycles. The molecule has 0 spiro atoms. The second-order valence-corrected chi connectivity index (χ2v) is 5.96. The second kappa shape index (κ2) is 4.79. The van der Waals surface area contributed by atoms with Crippen LogP contribution in [0.1, 0.15) is 9.67 Å². The van der Waals surface area contributed by atoms with E-state index in [0.717, 1.165) is 22.3 Å². The van der Waals surface area contributed by atoms with Gasteiger partial charge >= 0.3 is 5.97 Å². The highest BCUT2D eigenvalue weighted by molar-refractivity contribution is 7.20.